The average molecular weight is 288 g/mol. The fourth-order valence-electron chi connectivity index (χ4n) is 1.31. The van der Waals surface area contributed by atoms with Crippen molar-refractivity contribution in [1.29, 1.82) is 0 Å². The number of carbonyl (C=O) groups is 3. The Hall–Kier alpha value is -1.63. The van der Waals surface area contributed by atoms with E-state index in [9.17, 15) is 14.4 Å². The van der Waals surface area contributed by atoms with Crippen molar-refractivity contribution in [1.82, 2.24) is 10.6 Å². The van der Waals surface area contributed by atoms with Crippen LogP contribution in [0.25, 0.3) is 0 Å². The third kappa shape index (κ3) is 8.47. The first kappa shape index (κ1) is 18.4. The average Bonchev–Trinajstić information content (AvgIpc) is 2.32. The minimum absolute atomic E-state index is 0.255. The summed E-state index contributed by atoms with van der Waals surface area (Å²) in [5.41, 5.74) is -1.20. The molecule has 0 fully saturated rings. The van der Waals surface area contributed by atoms with Crippen LogP contribution in [0.5, 0.6) is 0 Å². The molecule has 0 heterocycles. The second-order valence-electron chi connectivity index (χ2n) is 5.14. The monoisotopic (exact) mass is 288 g/mol. The number of urea groups is 1. The van der Waals surface area contributed by atoms with Crippen molar-refractivity contribution in [2.75, 3.05) is 19.8 Å². The Bertz CT molecular complexity index is 342. The van der Waals surface area contributed by atoms with Gasteiger partial charge in [-0.3, -0.25) is 14.9 Å². The molecule has 0 aromatic rings. The first-order chi connectivity index (χ1) is 9.29. The molecule has 0 aliphatic heterocycles. The highest BCUT2D eigenvalue weighted by atomic mass is 16.5. The van der Waals surface area contributed by atoms with Crippen LogP contribution < -0.4 is 10.6 Å². The quantitative estimate of drug-likeness (QED) is 0.552. The number of carbonyl (C=O) groups excluding carboxylic acids is 2. The van der Waals surface area contributed by atoms with Gasteiger partial charge < -0.3 is 15.2 Å². The summed E-state index contributed by atoms with van der Waals surface area (Å²) in [6.07, 6.45) is 1.35. The highest BCUT2D eigenvalue weighted by Gasteiger charge is 2.30. The Morgan fingerprint density at radius 3 is 2.40 bits per heavy atom. The normalized spacial score (nSPS) is 10.9. The summed E-state index contributed by atoms with van der Waals surface area (Å²) in [5, 5.41) is 13.5. The lowest BCUT2D eigenvalue weighted by molar-refractivity contribution is -0.149. The minimum atomic E-state index is -1.20. The third-order valence-corrected chi connectivity index (χ3v) is 2.53. The molecule has 0 aromatic carbocycles. The number of hydrogen-bond donors (Lipinski definition) is 3. The van der Waals surface area contributed by atoms with Crippen LogP contribution in [0.2, 0.25) is 0 Å². The lowest BCUT2D eigenvalue weighted by atomic mass is 9.89. The van der Waals surface area contributed by atoms with Gasteiger partial charge in [-0.2, -0.15) is 0 Å². The third-order valence-electron chi connectivity index (χ3n) is 2.53. The van der Waals surface area contributed by atoms with Crippen molar-refractivity contribution >= 4 is 17.9 Å². The van der Waals surface area contributed by atoms with Gasteiger partial charge in [0.1, 0.15) is 0 Å². The lowest BCUT2D eigenvalue weighted by Crippen LogP contribution is -2.42. The molecule has 0 radical (unpaired) electrons. The van der Waals surface area contributed by atoms with Crippen LogP contribution in [0.15, 0.2) is 0 Å². The SMILES string of the molecule is CCCOCCCNC(=O)NC(=O)CC(C)(C)C(=O)O. The van der Waals surface area contributed by atoms with Gasteiger partial charge in [-0.15, -0.1) is 0 Å². The maximum atomic E-state index is 11.5. The molecule has 0 aliphatic carbocycles. The predicted molar refractivity (Wildman–Crippen MR) is 73.3 cm³/mol. The second-order valence-corrected chi connectivity index (χ2v) is 5.14. The van der Waals surface area contributed by atoms with E-state index in [1.807, 2.05) is 6.92 Å². The molecule has 3 amide bonds. The number of aliphatic carboxylic acids is 1. The maximum absolute atomic E-state index is 11.5. The summed E-state index contributed by atoms with van der Waals surface area (Å²) in [6, 6.07) is -0.619. The molecule has 0 saturated heterocycles. The molecule has 0 aromatic heterocycles. The summed E-state index contributed by atoms with van der Waals surface area (Å²) >= 11 is 0. The molecule has 3 N–H and O–H groups in total. The maximum Gasteiger partial charge on any atom is 0.321 e. The number of carboxylic acids is 1. The van der Waals surface area contributed by atoms with Crippen LogP contribution in [0.4, 0.5) is 4.79 Å². The minimum Gasteiger partial charge on any atom is -0.481 e. The fraction of sp³-hybridized carbons (Fsp3) is 0.769. The number of hydrogen-bond acceptors (Lipinski definition) is 4. The van der Waals surface area contributed by atoms with Crippen LogP contribution in [0, 0.1) is 5.41 Å². The van der Waals surface area contributed by atoms with Crippen LogP contribution in [0.1, 0.15) is 40.0 Å². The number of carboxylic acid groups (broad SMARTS) is 1. The smallest absolute Gasteiger partial charge is 0.321 e. The molecule has 116 valence electrons. The zero-order chi connectivity index (χ0) is 15.6. The van der Waals surface area contributed by atoms with Crippen molar-refractivity contribution < 1.29 is 24.2 Å². The Balaban J connectivity index is 3.81. The summed E-state index contributed by atoms with van der Waals surface area (Å²) in [4.78, 5) is 33.7. The molecule has 0 atom stereocenters. The molecule has 0 spiro atoms. The van der Waals surface area contributed by atoms with Gasteiger partial charge in [0, 0.05) is 26.2 Å². The molecule has 0 aliphatic rings. The van der Waals surface area contributed by atoms with Gasteiger partial charge >= 0.3 is 12.0 Å². The number of nitrogens with one attached hydrogen (secondary N) is 2. The summed E-state index contributed by atoms with van der Waals surface area (Å²) < 4.78 is 5.23. The van der Waals surface area contributed by atoms with Crippen LogP contribution in [-0.4, -0.2) is 42.8 Å². The molecule has 0 unspecified atom stereocenters. The molecule has 7 nitrogen and oxygen atoms in total. The number of amides is 3. The fourth-order valence-corrected chi connectivity index (χ4v) is 1.31. The summed E-state index contributed by atoms with van der Waals surface area (Å²) in [6.45, 7) is 6.50. The first-order valence-electron chi connectivity index (χ1n) is 6.68. The first-order valence-corrected chi connectivity index (χ1v) is 6.68. The molecule has 0 rings (SSSR count). The van der Waals surface area contributed by atoms with E-state index < -0.39 is 23.3 Å². The van der Waals surface area contributed by atoms with E-state index in [-0.39, 0.29) is 6.42 Å². The number of rotatable bonds is 9. The van der Waals surface area contributed by atoms with Gasteiger partial charge in [-0.1, -0.05) is 6.92 Å². The van der Waals surface area contributed by atoms with Gasteiger partial charge in [0.15, 0.2) is 0 Å². The van der Waals surface area contributed by atoms with E-state index in [0.29, 0.717) is 26.2 Å². The lowest BCUT2D eigenvalue weighted by Gasteiger charge is -2.17. The zero-order valence-electron chi connectivity index (χ0n) is 12.3. The predicted octanol–water partition coefficient (Wildman–Crippen LogP) is 1.13. The molecule has 7 heteroatoms. The van der Waals surface area contributed by atoms with E-state index in [2.05, 4.69) is 10.6 Å². The Kier molecular flexibility index (Phi) is 8.54. The Morgan fingerprint density at radius 1 is 1.20 bits per heavy atom. The summed E-state index contributed by atoms with van der Waals surface area (Å²) in [5.74, 6) is -1.70. The number of ether oxygens (including phenoxy) is 1. The topological polar surface area (TPSA) is 105 Å². The van der Waals surface area contributed by atoms with Gasteiger partial charge in [0.25, 0.3) is 0 Å². The van der Waals surface area contributed by atoms with Crippen LogP contribution >= 0.6 is 0 Å². The van der Waals surface area contributed by atoms with E-state index in [0.717, 1.165) is 6.42 Å². The van der Waals surface area contributed by atoms with Crippen molar-refractivity contribution in [3.63, 3.8) is 0 Å². The van der Waals surface area contributed by atoms with Crippen LogP contribution in [-0.2, 0) is 14.3 Å². The van der Waals surface area contributed by atoms with Gasteiger partial charge in [0.2, 0.25) is 5.91 Å². The van der Waals surface area contributed by atoms with E-state index in [1.54, 1.807) is 0 Å². The largest absolute Gasteiger partial charge is 0.481 e. The van der Waals surface area contributed by atoms with Crippen molar-refractivity contribution in [3.05, 3.63) is 0 Å². The zero-order valence-corrected chi connectivity index (χ0v) is 12.3. The molecule has 0 saturated carbocycles. The number of imide groups is 1. The molecule has 0 bridgehead atoms. The highest BCUT2D eigenvalue weighted by molar-refractivity contribution is 5.96. The van der Waals surface area contributed by atoms with E-state index in [1.165, 1.54) is 13.8 Å². The van der Waals surface area contributed by atoms with E-state index in [4.69, 9.17) is 9.84 Å². The van der Waals surface area contributed by atoms with Crippen molar-refractivity contribution in [3.8, 4) is 0 Å². The summed E-state index contributed by atoms with van der Waals surface area (Å²) in [7, 11) is 0. The van der Waals surface area contributed by atoms with Crippen molar-refractivity contribution in [2.45, 2.75) is 40.0 Å². The highest BCUT2D eigenvalue weighted by Crippen LogP contribution is 2.19. The Labute approximate surface area is 119 Å². The Morgan fingerprint density at radius 2 is 1.85 bits per heavy atom. The molecular formula is C13H24N2O5. The second kappa shape index (κ2) is 9.30. The van der Waals surface area contributed by atoms with Crippen molar-refractivity contribution in [2.24, 2.45) is 5.41 Å². The van der Waals surface area contributed by atoms with Gasteiger partial charge in [-0.25, -0.2) is 4.79 Å². The standard InChI is InChI=1S/C13H24N2O5/c1-4-7-20-8-5-6-14-12(19)15-10(16)9-13(2,3)11(17)18/h4-9H2,1-3H3,(H,17,18)(H2,14,15,16,19). The van der Waals surface area contributed by atoms with Crippen LogP contribution in [0.3, 0.4) is 0 Å². The van der Waals surface area contributed by atoms with Gasteiger partial charge in [-0.05, 0) is 26.7 Å². The molecule has 20 heavy (non-hydrogen) atoms. The van der Waals surface area contributed by atoms with E-state index >= 15 is 0 Å². The molecular weight excluding hydrogens is 264 g/mol. The van der Waals surface area contributed by atoms with Gasteiger partial charge in [0.05, 0.1) is 5.41 Å².